The number of anilines is 1. The van der Waals surface area contributed by atoms with Gasteiger partial charge in [-0.2, -0.15) is 0 Å². The highest BCUT2D eigenvalue weighted by Crippen LogP contribution is 2.50. The first-order valence-electron chi connectivity index (χ1n) is 11.1. The number of ether oxygens (including phenoxy) is 1. The molecule has 0 saturated heterocycles. The molecule has 3 atom stereocenters. The average molecular weight is 407 g/mol. The monoisotopic (exact) mass is 406 g/mol. The molecule has 5 heteroatoms. The molecule has 0 bridgehead atoms. The Bertz CT molecular complexity index is 907. The van der Waals surface area contributed by atoms with E-state index in [1.54, 1.807) is 12.1 Å². The lowest BCUT2D eigenvalue weighted by Crippen LogP contribution is -2.29. The topological polar surface area (TPSA) is 64.4 Å². The Balaban J connectivity index is 1.47. The highest BCUT2D eigenvalue weighted by molar-refractivity contribution is 5.62. The summed E-state index contributed by atoms with van der Waals surface area (Å²) in [6, 6.07) is 13.4. The Morgan fingerprint density at radius 3 is 2.67 bits per heavy atom. The number of allylic oxidation sites excluding steroid dienone is 2. The number of nitrogens with one attached hydrogen (secondary N) is 1. The number of nitro benzene ring substituents is 1. The summed E-state index contributed by atoms with van der Waals surface area (Å²) in [7, 11) is 0. The van der Waals surface area contributed by atoms with Gasteiger partial charge in [0.1, 0.15) is 5.75 Å². The molecule has 0 saturated carbocycles. The zero-order valence-electron chi connectivity index (χ0n) is 17.5. The number of rotatable bonds is 9. The molecule has 30 heavy (non-hydrogen) atoms. The van der Waals surface area contributed by atoms with E-state index >= 15 is 0 Å². The van der Waals surface area contributed by atoms with Crippen LogP contribution in [0.1, 0.15) is 68.5 Å². The van der Waals surface area contributed by atoms with Crippen molar-refractivity contribution in [3.63, 3.8) is 0 Å². The summed E-state index contributed by atoms with van der Waals surface area (Å²) in [6.07, 6.45) is 11.7. The molecule has 0 amide bonds. The molecule has 1 aliphatic heterocycles. The minimum Gasteiger partial charge on any atom is -0.494 e. The van der Waals surface area contributed by atoms with Crippen LogP contribution in [0.25, 0.3) is 0 Å². The standard InChI is InChI=1S/C25H30N2O3/c1-2-3-4-5-6-16-30-20-14-15-24-23(17-20)21-8-7-9-22(21)25(26-24)18-10-12-19(13-11-18)27(28)29/h7-8,10-15,17,21-22,25-26H,2-6,9,16H2,1H3. The van der Waals surface area contributed by atoms with Gasteiger partial charge in [0, 0.05) is 23.7 Å². The number of nitrogens with zero attached hydrogens (tertiary/aromatic N) is 1. The van der Waals surface area contributed by atoms with Crippen molar-refractivity contribution in [3.05, 3.63) is 75.9 Å². The summed E-state index contributed by atoms with van der Waals surface area (Å²) >= 11 is 0. The van der Waals surface area contributed by atoms with Crippen LogP contribution >= 0.6 is 0 Å². The van der Waals surface area contributed by atoms with Crippen LogP contribution in [0.5, 0.6) is 5.75 Å². The van der Waals surface area contributed by atoms with Gasteiger partial charge >= 0.3 is 0 Å². The van der Waals surface area contributed by atoms with E-state index in [0.29, 0.717) is 11.8 Å². The molecule has 2 aromatic carbocycles. The Kier molecular flexibility index (Phi) is 6.36. The number of fused-ring (bicyclic) bond motifs is 3. The summed E-state index contributed by atoms with van der Waals surface area (Å²) in [4.78, 5) is 10.6. The highest BCUT2D eigenvalue weighted by Gasteiger charge is 2.38. The van der Waals surface area contributed by atoms with Gasteiger partial charge in [-0.3, -0.25) is 10.1 Å². The lowest BCUT2D eigenvalue weighted by molar-refractivity contribution is -0.384. The molecule has 0 spiro atoms. The van der Waals surface area contributed by atoms with E-state index in [9.17, 15) is 10.1 Å². The molecule has 0 aromatic heterocycles. The normalized spacial score (nSPS) is 21.6. The molecule has 2 aromatic rings. The number of hydrogen-bond acceptors (Lipinski definition) is 4. The summed E-state index contributed by atoms with van der Waals surface area (Å²) in [5.41, 5.74) is 3.64. The number of benzene rings is 2. The zero-order chi connectivity index (χ0) is 20.9. The van der Waals surface area contributed by atoms with Crippen molar-refractivity contribution < 1.29 is 9.66 Å². The van der Waals surface area contributed by atoms with Gasteiger partial charge in [0.05, 0.1) is 17.6 Å². The Hall–Kier alpha value is -2.82. The fourth-order valence-electron chi connectivity index (χ4n) is 4.69. The fraction of sp³-hybridized carbons (Fsp3) is 0.440. The van der Waals surface area contributed by atoms with Crippen LogP contribution < -0.4 is 10.1 Å². The quantitative estimate of drug-likeness (QED) is 0.216. The second-order valence-corrected chi connectivity index (χ2v) is 8.34. The van der Waals surface area contributed by atoms with Crippen molar-refractivity contribution in [2.45, 2.75) is 57.4 Å². The molecule has 3 unspecified atom stereocenters. The van der Waals surface area contributed by atoms with E-state index in [1.165, 1.54) is 31.2 Å². The maximum Gasteiger partial charge on any atom is 0.269 e. The van der Waals surface area contributed by atoms with Gasteiger partial charge in [-0.1, -0.05) is 56.9 Å². The predicted octanol–water partition coefficient (Wildman–Crippen LogP) is 6.77. The van der Waals surface area contributed by atoms with Gasteiger partial charge in [-0.25, -0.2) is 0 Å². The molecule has 2 aliphatic rings. The van der Waals surface area contributed by atoms with E-state index < -0.39 is 0 Å². The second-order valence-electron chi connectivity index (χ2n) is 8.34. The van der Waals surface area contributed by atoms with Crippen molar-refractivity contribution in [3.8, 4) is 5.75 Å². The fourth-order valence-corrected chi connectivity index (χ4v) is 4.69. The minimum absolute atomic E-state index is 0.132. The maximum atomic E-state index is 11.0. The molecule has 0 radical (unpaired) electrons. The first kappa shape index (κ1) is 20.5. The first-order chi connectivity index (χ1) is 14.7. The van der Waals surface area contributed by atoms with Crippen LogP contribution in [-0.4, -0.2) is 11.5 Å². The lowest BCUT2D eigenvalue weighted by Gasteiger charge is -2.37. The third-order valence-electron chi connectivity index (χ3n) is 6.31. The van der Waals surface area contributed by atoms with Crippen LogP contribution in [0, 0.1) is 16.0 Å². The van der Waals surface area contributed by atoms with E-state index in [-0.39, 0.29) is 16.7 Å². The van der Waals surface area contributed by atoms with Crippen LogP contribution in [0.15, 0.2) is 54.6 Å². The van der Waals surface area contributed by atoms with Crippen LogP contribution in [0.4, 0.5) is 11.4 Å². The van der Waals surface area contributed by atoms with Crippen molar-refractivity contribution >= 4 is 11.4 Å². The SMILES string of the molecule is CCCCCCCOc1ccc2c(c1)C1C=CCC1C(c1ccc([N+](=O)[O-])cc1)N2. The van der Waals surface area contributed by atoms with Crippen LogP contribution in [0.2, 0.25) is 0 Å². The summed E-state index contributed by atoms with van der Waals surface area (Å²) < 4.78 is 6.03. The van der Waals surface area contributed by atoms with E-state index in [2.05, 4.69) is 36.5 Å². The van der Waals surface area contributed by atoms with Crippen molar-refractivity contribution in [2.75, 3.05) is 11.9 Å². The van der Waals surface area contributed by atoms with E-state index in [1.807, 2.05) is 18.2 Å². The van der Waals surface area contributed by atoms with Gasteiger partial charge in [0.25, 0.3) is 5.69 Å². The van der Waals surface area contributed by atoms with Gasteiger partial charge in [-0.05, 0) is 48.1 Å². The largest absolute Gasteiger partial charge is 0.494 e. The number of non-ortho nitro benzene ring substituents is 1. The van der Waals surface area contributed by atoms with Crippen LogP contribution in [-0.2, 0) is 0 Å². The minimum atomic E-state index is -0.349. The maximum absolute atomic E-state index is 11.0. The smallest absolute Gasteiger partial charge is 0.269 e. The molecule has 158 valence electrons. The molecule has 5 nitrogen and oxygen atoms in total. The molecular weight excluding hydrogens is 376 g/mol. The van der Waals surface area contributed by atoms with Crippen LogP contribution in [0.3, 0.4) is 0 Å². The predicted molar refractivity (Wildman–Crippen MR) is 120 cm³/mol. The summed E-state index contributed by atoms with van der Waals surface area (Å²) in [5.74, 6) is 1.69. The lowest BCUT2D eigenvalue weighted by atomic mass is 9.77. The number of hydrogen-bond donors (Lipinski definition) is 1. The van der Waals surface area contributed by atoms with Gasteiger partial charge in [0.2, 0.25) is 0 Å². The third kappa shape index (κ3) is 4.35. The average Bonchev–Trinajstić information content (AvgIpc) is 3.26. The summed E-state index contributed by atoms with van der Waals surface area (Å²) in [6.45, 7) is 3.00. The Morgan fingerprint density at radius 1 is 1.10 bits per heavy atom. The second kappa shape index (κ2) is 9.33. The van der Waals surface area contributed by atoms with Gasteiger partial charge in [-0.15, -0.1) is 0 Å². The van der Waals surface area contributed by atoms with Gasteiger partial charge < -0.3 is 10.1 Å². The van der Waals surface area contributed by atoms with Crippen molar-refractivity contribution in [1.82, 2.24) is 0 Å². The zero-order valence-corrected chi connectivity index (χ0v) is 17.5. The molecule has 4 rings (SSSR count). The Morgan fingerprint density at radius 2 is 1.90 bits per heavy atom. The third-order valence-corrected chi connectivity index (χ3v) is 6.31. The highest BCUT2D eigenvalue weighted by atomic mass is 16.6. The van der Waals surface area contributed by atoms with E-state index in [0.717, 1.165) is 36.4 Å². The molecule has 1 N–H and O–H groups in total. The number of unbranched alkanes of at least 4 members (excludes halogenated alkanes) is 4. The molecular formula is C25H30N2O3. The molecule has 0 fully saturated rings. The Labute approximate surface area is 178 Å². The van der Waals surface area contributed by atoms with Crippen molar-refractivity contribution in [2.24, 2.45) is 5.92 Å². The molecule has 1 aliphatic carbocycles. The summed E-state index contributed by atoms with van der Waals surface area (Å²) in [5, 5.41) is 14.7. The van der Waals surface area contributed by atoms with E-state index in [4.69, 9.17) is 4.74 Å². The van der Waals surface area contributed by atoms with Gasteiger partial charge in [0.15, 0.2) is 0 Å². The first-order valence-corrected chi connectivity index (χ1v) is 11.1. The number of nitro groups is 1. The van der Waals surface area contributed by atoms with Crippen molar-refractivity contribution in [1.29, 1.82) is 0 Å². The molecule has 1 heterocycles.